The Bertz CT molecular complexity index is 161. The van der Waals surface area contributed by atoms with E-state index in [-0.39, 0.29) is 0 Å². The molecule has 0 N–H and O–H groups in total. The largest absolute Gasteiger partial charge is 0.0651 e. The maximum Gasteiger partial charge on any atom is -0.0229 e. The molecule has 3 fully saturated rings. The van der Waals surface area contributed by atoms with Gasteiger partial charge in [0.25, 0.3) is 0 Å². The second-order valence-corrected chi connectivity index (χ2v) is 4.28. The van der Waals surface area contributed by atoms with Gasteiger partial charge in [-0.2, -0.15) is 0 Å². The first kappa shape index (κ1) is 4.76. The molecule has 4 atom stereocenters. The summed E-state index contributed by atoms with van der Waals surface area (Å²) < 4.78 is 0. The molecule has 0 aromatic heterocycles. The molecule has 0 radical (unpaired) electrons. The van der Waals surface area contributed by atoms with E-state index in [0.29, 0.717) is 0 Å². The predicted molar refractivity (Wildman–Crippen MR) is 37.0 cm³/mol. The number of hydrogen-bond donors (Lipinski definition) is 0. The van der Waals surface area contributed by atoms with E-state index < -0.39 is 0 Å². The summed E-state index contributed by atoms with van der Waals surface area (Å²) in [6, 6.07) is 0. The van der Waals surface area contributed by atoms with Gasteiger partial charge < -0.3 is 0 Å². The van der Waals surface area contributed by atoms with Crippen molar-refractivity contribution in [1.82, 2.24) is 0 Å². The molecule has 0 amide bonds. The molecule has 3 saturated carbocycles. The fraction of sp³-hybridized carbons (Fsp3) is 1.00. The summed E-state index contributed by atoms with van der Waals surface area (Å²) in [7, 11) is 0. The van der Waals surface area contributed by atoms with Crippen LogP contribution in [-0.4, -0.2) is 0 Å². The molecule has 3 aliphatic carbocycles. The van der Waals surface area contributed by atoms with Crippen LogP contribution >= 0.6 is 0 Å². The minimum Gasteiger partial charge on any atom is -0.0651 e. The van der Waals surface area contributed by atoms with Crippen molar-refractivity contribution in [2.24, 2.45) is 23.2 Å². The Balaban J connectivity index is 1.84. The molecule has 0 heterocycles. The summed E-state index contributed by atoms with van der Waals surface area (Å²) in [6.45, 7) is 2.36. The van der Waals surface area contributed by atoms with Gasteiger partial charge in [-0.3, -0.25) is 0 Å². The first-order valence-electron chi connectivity index (χ1n) is 4.38. The van der Waals surface area contributed by atoms with Crippen molar-refractivity contribution in [2.75, 3.05) is 0 Å². The standard InChI is InChI=1S/C9H14/c1-2-6-3-4-9-5-7(9)8(6)9/h6-8H,2-5H2,1H3. The van der Waals surface area contributed by atoms with E-state index in [1.54, 1.807) is 19.3 Å². The maximum atomic E-state index is 2.36. The van der Waals surface area contributed by atoms with Crippen LogP contribution in [0.2, 0.25) is 0 Å². The zero-order chi connectivity index (χ0) is 6.06. The molecule has 0 aromatic rings. The molecule has 0 aliphatic heterocycles. The third-order valence-electron chi connectivity index (χ3n) is 4.18. The average molecular weight is 122 g/mol. The van der Waals surface area contributed by atoms with E-state index in [2.05, 4.69) is 6.92 Å². The lowest BCUT2D eigenvalue weighted by Crippen LogP contribution is -2.01. The van der Waals surface area contributed by atoms with Gasteiger partial charge in [0.1, 0.15) is 0 Å². The topological polar surface area (TPSA) is 0 Å². The molecule has 9 heavy (non-hydrogen) atoms. The SMILES string of the molecule is CCC1CCC23CC2C13. The highest BCUT2D eigenvalue weighted by Gasteiger charge is 2.81. The zero-order valence-electron chi connectivity index (χ0n) is 6.06. The number of rotatable bonds is 1. The van der Waals surface area contributed by atoms with Gasteiger partial charge in [0, 0.05) is 0 Å². The lowest BCUT2D eigenvalue weighted by molar-refractivity contribution is 0.404. The van der Waals surface area contributed by atoms with E-state index in [1.807, 2.05) is 0 Å². The Kier molecular flexibility index (Phi) is 0.574. The Labute approximate surface area is 56.6 Å². The quantitative estimate of drug-likeness (QED) is 0.501. The summed E-state index contributed by atoms with van der Waals surface area (Å²) in [6.07, 6.45) is 6.25. The van der Waals surface area contributed by atoms with Crippen LogP contribution in [0.25, 0.3) is 0 Å². The Morgan fingerprint density at radius 2 is 2.44 bits per heavy atom. The predicted octanol–water partition coefficient (Wildman–Crippen LogP) is 2.44. The minimum absolute atomic E-state index is 1.00. The molecule has 0 saturated heterocycles. The van der Waals surface area contributed by atoms with E-state index >= 15 is 0 Å². The second-order valence-electron chi connectivity index (χ2n) is 4.28. The average Bonchev–Trinajstić information content (AvgIpc) is 2.64. The van der Waals surface area contributed by atoms with Gasteiger partial charge >= 0.3 is 0 Å². The van der Waals surface area contributed by atoms with Crippen LogP contribution in [0.4, 0.5) is 0 Å². The van der Waals surface area contributed by atoms with Gasteiger partial charge in [0.2, 0.25) is 0 Å². The number of fused-ring (bicyclic) bond motifs is 1. The van der Waals surface area contributed by atoms with E-state index in [4.69, 9.17) is 0 Å². The lowest BCUT2D eigenvalue weighted by atomic mass is 9.96. The molecule has 0 aromatic carbocycles. The molecule has 0 heteroatoms. The van der Waals surface area contributed by atoms with Crippen LogP contribution < -0.4 is 0 Å². The van der Waals surface area contributed by atoms with Crippen LogP contribution in [0, 0.1) is 23.2 Å². The minimum atomic E-state index is 1.00. The van der Waals surface area contributed by atoms with Crippen molar-refractivity contribution in [3.05, 3.63) is 0 Å². The van der Waals surface area contributed by atoms with Crippen LogP contribution in [0.15, 0.2) is 0 Å². The van der Waals surface area contributed by atoms with Crippen molar-refractivity contribution >= 4 is 0 Å². The molecular weight excluding hydrogens is 108 g/mol. The maximum absolute atomic E-state index is 2.36. The zero-order valence-corrected chi connectivity index (χ0v) is 6.06. The summed E-state index contributed by atoms with van der Waals surface area (Å²) in [5, 5.41) is 0. The highest BCUT2D eigenvalue weighted by molar-refractivity contribution is 5.29. The van der Waals surface area contributed by atoms with Gasteiger partial charge in [0.15, 0.2) is 0 Å². The monoisotopic (exact) mass is 122 g/mol. The first-order valence-corrected chi connectivity index (χ1v) is 4.38. The van der Waals surface area contributed by atoms with Crippen molar-refractivity contribution in [3.63, 3.8) is 0 Å². The molecule has 3 aliphatic rings. The van der Waals surface area contributed by atoms with Gasteiger partial charge in [-0.15, -0.1) is 0 Å². The summed E-state index contributed by atoms with van der Waals surface area (Å²) in [4.78, 5) is 0. The second kappa shape index (κ2) is 1.09. The normalized spacial score (nSPS) is 67.0. The first-order chi connectivity index (χ1) is 4.38. The molecule has 0 nitrogen and oxygen atoms in total. The molecular formula is C9H14. The Morgan fingerprint density at radius 3 is 2.78 bits per heavy atom. The summed E-state index contributed by atoms with van der Waals surface area (Å²) in [5.41, 5.74) is 1.00. The van der Waals surface area contributed by atoms with E-state index in [9.17, 15) is 0 Å². The third-order valence-corrected chi connectivity index (χ3v) is 4.18. The van der Waals surface area contributed by atoms with Gasteiger partial charge in [-0.1, -0.05) is 13.3 Å². The van der Waals surface area contributed by atoms with Gasteiger partial charge in [-0.05, 0) is 42.4 Å². The van der Waals surface area contributed by atoms with E-state index in [0.717, 1.165) is 11.3 Å². The molecule has 50 valence electrons. The van der Waals surface area contributed by atoms with Gasteiger partial charge in [-0.25, -0.2) is 0 Å². The fourth-order valence-corrected chi connectivity index (χ4v) is 3.41. The van der Waals surface area contributed by atoms with Crippen molar-refractivity contribution in [3.8, 4) is 0 Å². The smallest absolute Gasteiger partial charge is 0.0229 e. The Morgan fingerprint density at radius 1 is 1.56 bits per heavy atom. The molecule has 3 rings (SSSR count). The van der Waals surface area contributed by atoms with Crippen LogP contribution in [0.3, 0.4) is 0 Å². The number of hydrogen-bond acceptors (Lipinski definition) is 0. The fourth-order valence-electron chi connectivity index (χ4n) is 3.41. The Hall–Kier alpha value is 0. The third kappa shape index (κ3) is 0.342. The molecule has 1 spiro atoms. The highest BCUT2D eigenvalue weighted by atomic mass is 14.9. The molecule has 0 bridgehead atoms. The van der Waals surface area contributed by atoms with Gasteiger partial charge in [0.05, 0.1) is 0 Å². The van der Waals surface area contributed by atoms with Crippen LogP contribution in [0.1, 0.15) is 32.6 Å². The van der Waals surface area contributed by atoms with Crippen LogP contribution in [0.5, 0.6) is 0 Å². The van der Waals surface area contributed by atoms with Crippen LogP contribution in [-0.2, 0) is 0 Å². The summed E-state index contributed by atoms with van der Waals surface area (Å²) in [5.74, 6) is 3.64. The lowest BCUT2D eigenvalue weighted by Gasteiger charge is -2.09. The van der Waals surface area contributed by atoms with Crippen molar-refractivity contribution in [1.29, 1.82) is 0 Å². The van der Waals surface area contributed by atoms with Crippen molar-refractivity contribution in [2.45, 2.75) is 32.6 Å². The van der Waals surface area contributed by atoms with E-state index in [1.165, 1.54) is 18.3 Å². The summed E-state index contributed by atoms with van der Waals surface area (Å²) >= 11 is 0. The highest BCUT2D eigenvalue weighted by Crippen LogP contribution is 2.88. The molecule has 4 unspecified atom stereocenters. The van der Waals surface area contributed by atoms with Crippen molar-refractivity contribution < 1.29 is 0 Å².